The highest BCUT2D eigenvalue weighted by atomic mass is 16.6. The van der Waals surface area contributed by atoms with Gasteiger partial charge >= 0.3 is 6.09 Å². The van der Waals surface area contributed by atoms with Crippen LogP contribution >= 0.6 is 0 Å². The molecular weight excluding hydrogens is 370 g/mol. The van der Waals surface area contributed by atoms with Crippen LogP contribution in [0.2, 0.25) is 0 Å². The molecule has 1 aromatic rings. The molecule has 1 atom stereocenters. The van der Waals surface area contributed by atoms with Gasteiger partial charge in [0.2, 0.25) is 11.8 Å². The topological polar surface area (TPSA) is 87.7 Å². The van der Waals surface area contributed by atoms with Crippen LogP contribution in [0.1, 0.15) is 65.1 Å². The van der Waals surface area contributed by atoms with E-state index >= 15 is 0 Å². The van der Waals surface area contributed by atoms with Gasteiger partial charge in [0.1, 0.15) is 18.2 Å². The molecule has 0 heterocycles. The maximum Gasteiger partial charge on any atom is 0.408 e. The predicted octanol–water partition coefficient (Wildman–Crippen LogP) is 3.32. The van der Waals surface area contributed by atoms with E-state index in [9.17, 15) is 14.4 Å². The van der Waals surface area contributed by atoms with E-state index < -0.39 is 17.7 Å². The van der Waals surface area contributed by atoms with Crippen molar-refractivity contribution in [3.05, 3.63) is 35.4 Å². The van der Waals surface area contributed by atoms with Gasteiger partial charge in [0.25, 0.3) is 0 Å². The highest BCUT2D eigenvalue weighted by Crippen LogP contribution is 2.25. The highest BCUT2D eigenvalue weighted by Gasteiger charge is 2.32. The van der Waals surface area contributed by atoms with Crippen LogP contribution in [0.5, 0.6) is 0 Å². The van der Waals surface area contributed by atoms with Crippen molar-refractivity contribution in [2.24, 2.45) is 0 Å². The first-order chi connectivity index (χ1) is 13.5. The molecule has 1 rings (SSSR count). The summed E-state index contributed by atoms with van der Waals surface area (Å²) in [6, 6.07) is 6.69. The summed E-state index contributed by atoms with van der Waals surface area (Å²) in [5.74, 6) is -0.585. The van der Waals surface area contributed by atoms with Crippen molar-refractivity contribution in [3.8, 4) is 0 Å². The lowest BCUT2D eigenvalue weighted by molar-refractivity contribution is -0.140. The minimum absolute atomic E-state index is 0.0625. The predicted molar refractivity (Wildman–Crippen MR) is 113 cm³/mol. The molecule has 0 aliphatic rings. The number of aryl methyl sites for hydroxylation is 1. The lowest BCUT2D eigenvalue weighted by Gasteiger charge is -2.32. The fourth-order valence-electron chi connectivity index (χ4n) is 2.91. The summed E-state index contributed by atoms with van der Waals surface area (Å²) in [4.78, 5) is 39.5. The van der Waals surface area contributed by atoms with Crippen molar-refractivity contribution in [1.29, 1.82) is 0 Å². The molecule has 162 valence electrons. The summed E-state index contributed by atoms with van der Waals surface area (Å²) in [6.07, 6.45) is 0.0107. The van der Waals surface area contributed by atoms with Crippen molar-refractivity contribution >= 4 is 17.9 Å². The minimum Gasteiger partial charge on any atom is -0.444 e. The Morgan fingerprint density at radius 3 is 2.28 bits per heavy atom. The Bertz CT molecular complexity index is 710. The Morgan fingerprint density at radius 2 is 1.76 bits per heavy atom. The fraction of sp³-hybridized carbons (Fsp3) is 0.591. The van der Waals surface area contributed by atoms with E-state index in [-0.39, 0.29) is 24.4 Å². The first-order valence-corrected chi connectivity index (χ1v) is 10.1. The van der Waals surface area contributed by atoms with Crippen molar-refractivity contribution in [2.75, 3.05) is 13.1 Å². The van der Waals surface area contributed by atoms with Crippen LogP contribution in [0.3, 0.4) is 0 Å². The molecule has 0 aliphatic heterocycles. The first kappa shape index (κ1) is 24.5. The second kappa shape index (κ2) is 10.8. The van der Waals surface area contributed by atoms with Gasteiger partial charge < -0.3 is 20.3 Å². The molecule has 1 aromatic carbocycles. The Balaban J connectivity index is 3.12. The fourth-order valence-corrected chi connectivity index (χ4v) is 2.91. The van der Waals surface area contributed by atoms with Gasteiger partial charge in [-0.1, -0.05) is 31.2 Å². The Hall–Kier alpha value is -2.57. The average Bonchev–Trinajstić information content (AvgIpc) is 2.58. The molecule has 29 heavy (non-hydrogen) atoms. The van der Waals surface area contributed by atoms with E-state index in [1.54, 1.807) is 20.8 Å². The third-order valence-corrected chi connectivity index (χ3v) is 4.04. The van der Waals surface area contributed by atoms with E-state index in [1.807, 2.05) is 52.0 Å². The third-order valence-electron chi connectivity index (χ3n) is 4.04. The second-order valence-electron chi connectivity index (χ2n) is 8.36. The molecule has 0 saturated carbocycles. The van der Waals surface area contributed by atoms with Gasteiger partial charge in [0.15, 0.2) is 0 Å². The highest BCUT2D eigenvalue weighted by molar-refractivity contribution is 5.90. The standard InChI is InChI=1S/C22H35N3O4/c1-8-13-25(18(26)14-23-21(28)29-22(5,6)7)19(20(27)24-15(2)3)17-12-10-9-11-16(17)4/h9-12,15,19H,8,13-14H2,1-7H3,(H,23,28)(H,24,27). The molecular formula is C22H35N3O4. The number of hydrogen-bond acceptors (Lipinski definition) is 4. The van der Waals surface area contributed by atoms with Crippen LogP contribution < -0.4 is 10.6 Å². The molecule has 1 unspecified atom stereocenters. The summed E-state index contributed by atoms with van der Waals surface area (Å²) in [7, 11) is 0. The molecule has 7 heteroatoms. The summed E-state index contributed by atoms with van der Waals surface area (Å²) in [5, 5.41) is 5.41. The summed E-state index contributed by atoms with van der Waals surface area (Å²) in [6.45, 7) is 13.0. The number of benzene rings is 1. The molecule has 0 aliphatic carbocycles. The first-order valence-electron chi connectivity index (χ1n) is 10.1. The lowest BCUT2D eigenvalue weighted by atomic mass is 9.98. The van der Waals surface area contributed by atoms with Gasteiger partial charge in [0, 0.05) is 12.6 Å². The van der Waals surface area contributed by atoms with Gasteiger partial charge in [-0.25, -0.2) is 4.79 Å². The SMILES string of the molecule is CCCN(C(=O)CNC(=O)OC(C)(C)C)C(C(=O)NC(C)C)c1ccccc1C. The van der Waals surface area contributed by atoms with Crippen molar-refractivity contribution in [2.45, 2.75) is 72.6 Å². The van der Waals surface area contributed by atoms with E-state index in [1.165, 1.54) is 4.90 Å². The maximum absolute atomic E-state index is 13.0. The quantitative estimate of drug-likeness (QED) is 0.694. The van der Waals surface area contributed by atoms with E-state index in [2.05, 4.69) is 10.6 Å². The average molecular weight is 406 g/mol. The van der Waals surface area contributed by atoms with Crippen LogP contribution in [-0.2, 0) is 14.3 Å². The van der Waals surface area contributed by atoms with Gasteiger partial charge in [-0.2, -0.15) is 0 Å². The molecule has 7 nitrogen and oxygen atoms in total. The molecule has 3 amide bonds. The second-order valence-corrected chi connectivity index (χ2v) is 8.36. The van der Waals surface area contributed by atoms with Crippen molar-refractivity contribution < 1.29 is 19.1 Å². The monoisotopic (exact) mass is 405 g/mol. The maximum atomic E-state index is 13.0. The summed E-state index contributed by atoms with van der Waals surface area (Å²) in [5.41, 5.74) is 1.03. The normalized spacial score (nSPS) is 12.3. The number of carbonyl (C=O) groups excluding carboxylic acids is 3. The minimum atomic E-state index is -0.772. The summed E-state index contributed by atoms with van der Waals surface area (Å²) >= 11 is 0. The molecule has 0 bridgehead atoms. The number of nitrogens with one attached hydrogen (secondary N) is 2. The van der Waals surface area contributed by atoms with Crippen LogP contribution in [0, 0.1) is 6.92 Å². The van der Waals surface area contributed by atoms with Crippen molar-refractivity contribution in [1.82, 2.24) is 15.5 Å². The van der Waals surface area contributed by atoms with Gasteiger partial charge in [-0.05, 0) is 59.1 Å². The molecule has 0 aromatic heterocycles. The van der Waals surface area contributed by atoms with Crippen LogP contribution in [-0.4, -0.2) is 47.5 Å². The largest absolute Gasteiger partial charge is 0.444 e. The van der Waals surface area contributed by atoms with E-state index in [0.717, 1.165) is 11.1 Å². The zero-order chi connectivity index (χ0) is 22.2. The van der Waals surface area contributed by atoms with Crippen molar-refractivity contribution in [3.63, 3.8) is 0 Å². The van der Waals surface area contributed by atoms with Crippen LogP contribution in [0.25, 0.3) is 0 Å². The number of ether oxygens (including phenoxy) is 1. The van der Waals surface area contributed by atoms with Gasteiger partial charge in [0.05, 0.1) is 0 Å². The molecule has 2 N–H and O–H groups in total. The molecule has 0 saturated heterocycles. The molecule has 0 radical (unpaired) electrons. The number of carbonyl (C=O) groups is 3. The van der Waals surface area contributed by atoms with Crippen LogP contribution in [0.15, 0.2) is 24.3 Å². The molecule has 0 spiro atoms. The van der Waals surface area contributed by atoms with E-state index in [4.69, 9.17) is 4.74 Å². The van der Waals surface area contributed by atoms with Gasteiger partial charge in [-0.3, -0.25) is 9.59 Å². The Morgan fingerprint density at radius 1 is 1.14 bits per heavy atom. The molecule has 0 fully saturated rings. The lowest BCUT2D eigenvalue weighted by Crippen LogP contribution is -2.49. The van der Waals surface area contributed by atoms with Gasteiger partial charge in [-0.15, -0.1) is 0 Å². The Labute approximate surface area is 174 Å². The summed E-state index contributed by atoms with van der Waals surface area (Å²) < 4.78 is 5.19. The number of rotatable bonds is 8. The smallest absolute Gasteiger partial charge is 0.408 e. The number of hydrogen-bond donors (Lipinski definition) is 2. The number of alkyl carbamates (subject to hydrolysis) is 1. The third kappa shape index (κ3) is 8.13. The number of amides is 3. The zero-order valence-corrected chi connectivity index (χ0v) is 18.7. The van der Waals surface area contributed by atoms with E-state index in [0.29, 0.717) is 13.0 Å². The van der Waals surface area contributed by atoms with Crippen LogP contribution in [0.4, 0.5) is 4.79 Å². The Kier molecular flexibility index (Phi) is 9.14. The number of nitrogens with zero attached hydrogens (tertiary/aromatic N) is 1. The zero-order valence-electron chi connectivity index (χ0n) is 18.7.